The number of hydrogen-bond donors (Lipinski definition) is 2. The Morgan fingerprint density at radius 1 is 0.946 bits per heavy atom. The third kappa shape index (κ3) is 6.73. The van der Waals surface area contributed by atoms with Crippen LogP contribution in [0.1, 0.15) is 20.7 Å². The fourth-order valence-corrected chi connectivity index (χ4v) is 4.89. The quantitative estimate of drug-likeness (QED) is 0.348. The van der Waals surface area contributed by atoms with Crippen LogP contribution in [0.2, 0.25) is 10.0 Å². The SMILES string of the molecule is COc1ccc(Cl)cc1C(=O)N1CCN(c2ccc(NC(=S)NC(=O)c3cc(Br)ccc3Cl)cc2)CC1. The molecule has 0 aromatic heterocycles. The lowest BCUT2D eigenvalue weighted by molar-refractivity contribution is 0.0743. The number of halogens is 3. The number of rotatable bonds is 5. The summed E-state index contributed by atoms with van der Waals surface area (Å²) in [5, 5.41) is 6.65. The Bertz CT molecular complexity index is 1330. The zero-order valence-corrected chi connectivity index (χ0v) is 23.7. The monoisotopic (exact) mass is 620 g/mol. The third-order valence-corrected chi connectivity index (χ3v) is 7.11. The number of nitrogens with zero attached hydrogens (tertiary/aromatic N) is 2. The molecule has 1 aliphatic heterocycles. The smallest absolute Gasteiger partial charge is 0.258 e. The molecule has 0 atom stereocenters. The molecule has 192 valence electrons. The van der Waals surface area contributed by atoms with Gasteiger partial charge in [0, 0.05) is 47.0 Å². The zero-order chi connectivity index (χ0) is 26.5. The number of benzene rings is 3. The number of methoxy groups -OCH3 is 1. The van der Waals surface area contributed by atoms with Crippen LogP contribution in [0.4, 0.5) is 11.4 Å². The first-order valence-corrected chi connectivity index (χ1v) is 13.3. The van der Waals surface area contributed by atoms with Crippen molar-refractivity contribution in [2.45, 2.75) is 0 Å². The van der Waals surface area contributed by atoms with E-state index in [9.17, 15) is 9.59 Å². The molecule has 1 heterocycles. The number of carbonyl (C=O) groups is 2. The molecule has 3 aromatic carbocycles. The average Bonchev–Trinajstić information content (AvgIpc) is 2.90. The minimum atomic E-state index is -0.400. The molecule has 0 radical (unpaired) electrons. The Hall–Kier alpha value is -2.85. The number of carbonyl (C=O) groups excluding carboxylic acids is 2. The van der Waals surface area contributed by atoms with Gasteiger partial charge in [0.25, 0.3) is 11.8 Å². The van der Waals surface area contributed by atoms with Crippen molar-refractivity contribution in [2.75, 3.05) is 43.5 Å². The molecule has 0 saturated carbocycles. The van der Waals surface area contributed by atoms with Crippen molar-refractivity contribution >= 4 is 79.7 Å². The standard InChI is InChI=1S/C26H23BrCl2N4O3S/c1-36-23-9-3-17(28)15-21(23)25(35)33-12-10-32(11-13-33)19-6-4-18(5-7-19)30-26(37)31-24(34)20-14-16(27)2-8-22(20)29/h2-9,14-15H,10-13H2,1H3,(H2,30,31,34,37). The van der Waals surface area contributed by atoms with Gasteiger partial charge in [-0.3, -0.25) is 14.9 Å². The molecule has 0 spiro atoms. The van der Waals surface area contributed by atoms with Gasteiger partial charge in [0.1, 0.15) is 5.75 Å². The molecule has 3 aromatic rings. The van der Waals surface area contributed by atoms with E-state index >= 15 is 0 Å². The zero-order valence-electron chi connectivity index (χ0n) is 19.8. The van der Waals surface area contributed by atoms with Crippen molar-refractivity contribution in [1.29, 1.82) is 0 Å². The van der Waals surface area contributed by atoms with Crippen molar-refractivity contribution < 1.29 is 14.3 Å². The first-order chi connectivity index (χ1) is 17.7. The molecule has 0 unspecified atom stereocenters. The van der Waals surface area contributed by atoms with Gasteiger partial charge in [0.15, 0.2) is 5.11 Å². The van der Waals surface area contributed by atoms with E-state index < -0.39 is 5.91 Å². The molecule has 2 amide bonds. The molecule has 1 aliphatic rings. The third-order valence-electron chi connectivity index (χ3n) is 5.85. The Kier molecular flexibility index (Phi) is 8.91. The van der Waals surface area contributed by atoms with Crippen LogP contribution in [-0.2, 0) is 0 Å². The predicted octanol–water partition coefficient (Wildman–Crippen LogP) is 5.85. The van der Waals surface area contributed by atoms with Gasteiger partial charge in [0.2, 0.25) is 0 Å². The Labute approximate surface area is 238 Å². The molecule has 11 heteroatoms. The summed E-state index contributed by atoms with van der Waals surface area (Å²) < 4.78 is 6.07. The Morgan fingerprint density at radius 3 is 2.32 bits per heavy atom. The van der Waals surface area contributed by atoms with Crippen LogP contribution >= 0.6 is 51.3 Å². The molecule has 1 fully saturated rings. The summed E-state index contributed by atoms with van der Waals surface area (Å²) in [6, 6.07) is 17.8. The molecule has 37 heavy (non-hydrogen) atoms. The first kappa shape index (κ1) is 27.2. The summed E-state index contributed by atoms with van der Waals surface area (Å²) in [5.41, 5.74) is 2.54. The van der Waals surface area contributed by atoms with E-state index in [1.54, 1.807) is 41.3 Å². The van der Waals surface area contributed by atoms with E-state index in [-0.39, 0.29) is 11.0 Å². The fourth-order valence-electron chi connectivity index (χ4n) is 3.95. The highest BCUT2D eigenvalue weighted by Gasteiger charge is 2.25. The lowest BCUT2D eigenvalue weighted by Crippen LogP contribution is -2.48. The highest BCUT2D eigenvalue weighted by atomic mass is 79.9. The number of hydrogen-bond acceptors (Lipinski definition) is 5. The van der Waals surface area contributed by atoms with Crippen molar-refractivity contribution in [2.24, 2.45) is 0 Å². The maximum absolute atomic E-state index is 13.0. The van der Waals surface area contributed by atoms with Crippen LogP contribution in [0.5, 0.6) is 5.75 Å². The Morgan fingerprint density at radius 2 is 1.65 bits per heavy atom. The minimum absolute atomic E-state index is 0.0988. The van der Waals surface area contributed by atoms with Gasteiger partial charge in [0.05, 0.1) is 23.3 Å². The topological polar surface area (TPSA) is 73.9 Å². The molecule has 7 nitrogen and oxygen atoms in total. The first-order valence-electron chi connectivity index (χ1n) is 11.3. The summed E-state index contributed by atoms with van der Waals surface area (Å²) in [6.07, 6.45) is 0. The lowest BCUT2D eigenvalue weighted by atomic mass is 10.1. The number of anilines is 2. The van der Waals surface area contributed by atoms with Crippen LogP contribution in [0.3, 0.4) is 0 Å². The van der Waals surface area contributed by atoms with Crippen molar-refractivity contribution in [3.05, 3.63) is 86.3 Å². The van der Waals surface area contributed by atoms with Gasteiger partial charge >= 0.3 is 0 Å². The highest BCUT2D eigenvalue weighted by molar-refractivity contribution is 9.10. The van der Waals surface area contributed by atoms with Crippen LogP contribution in [0.15, 0.2) is 65.1 Å². The average molecular weight is 622 g/mol. The summed E-state index contributed by atoms with van der Waals surface area (Å²) in [5.74, 6) is 0.00949. The minimum Gasteiger partial charge on any atom is -0.496 e. The molecule has 0 bridgehead atoms. The second-order valence-electron chi connectivity index (χ2n) is 8.20. The van der Waals surface area contributed by atoms with Gasteiger partial charge in [-0.25, -0.2) is 0 Å². The van der Waals surface area contributed by atoms with Crippen molar-refractivity contribution in [1.82, 2.24) is 10.2 Å². The fraction of sp³-hybridized carbons (Fsp3) is 0.192. The number of thiocarbonyl (C=S) groups is 1. The second-order valence-corrected chi connectivity index (χ2v) is 10.4. The highest BCUT2D eigenvalue weighted by Crippen LogP contribution is 2.26. The molecular formula is C26H23BrCl2N4O3S. The Balaban J connectivity index is 1.31. The number of amides is 2. The van der Waals surface area contributed by atoms with Crippen LogP contribution in [-0.4, -0.2) is 55.1 Å². The van der Waals surface area contributed by atoms with Gasteiger partial charge in [-0.15, -0.1) is 0 Å². The summed E-state index contributed by atoms with van der Waals surface area (Å²) in [7, 11) is 1.54. The van der Waals surface area contributed by atoms with Crippen LogP contribution in [0.25, 0.3) is 0 Å². The predicted molar refractivity (Wildman–Crippen MR) is 155 cm³/mol. The van der Waals surface area contributed by atoms with Gasteiger partial charge in [-0.2, -0.15) is 0 Å². The van der Waals surface area contributed by atoms with E-state index in [1.807, 2.05) is 24.3 Å². The molecule has 2 N–H and O–H groups in total. The van der Waals surface area contributed by atoms with E-state index in [2.05, 4.69) is 31.5 Å². The summed E-state index contributed by atoms with van der Waals surface area (Å²) >= 11 is 20.8. The largest absolute Gasteiger partial charge is 0.496 e. The normalized spacial score (nSPS) is 13.2. The summed E-state index contributed by atoms with van der Waals surface area (Å²) in [4.78, 5) is 29.5. The van der Waals surface area contributed by atoms with Crippen molar-refractivity contribution in [3.63, 3.8) is 0 Å². The van der Waals surface area contributed by atoms with E-state index in [4.69, 9.17) is 40.2 Å². The van der Waals surface area contributed by atoms with Gasteiger partial charge in [-0.05, 0) is 72.9 Å². The lowest BCUT2D eigenvalue weighted by Gasteiger charge is -2.36. The molecule has 0 aliphatic carbocycles. The number of ether oxygens (including phenoxy) is 1. The second kappa shape index (κ2) is 12.1. The maximum Gasteiger partial charge on any atom is 0.258 e. The van der Waals surface area contributed by atoms with E-state index in [1.165, 1.54) is 7.11 Å². The van der Waals surface area contributed by atoms with Gasteiger partial charge < -0.3 is 19.9 Å². The van der Waals surface area contributed by atoms with E-state index in [0.29, 0.717) is 53.1 Å². The number of piperazine rings is 1. The van der Waals surface area contributed by atoms with Gasteiger partial charge in [-0.1, -0.05) is 39.1 Å². The van der Waals surface area contributed by atoms with Crippen molar-refractivity contribution in [3.8, 4) is 5.75 Å². The summed E-state index contributed by atoms with van der Waals surface area (Å²) in [6.45, 7) is 2.51. The number of nitrogens with one attached hydrogen (secondary N) is 2. The maximum atomic E-state index is 13.0. The molecule has 1 saturated heterocycles. The van der Waals surface area contributed by atoms with Crippen LogP contribution < -0.4 is 20.3 Å². The molecule has 4 rings (SSSR count). The molecular weight excluding hydrogens is 599 g/mol. The van der Waals surface area contributed by atoms with E-state index in [0.717, 1.165) is 15.8 Å². The van der Waals surface area contributed by atoms with Crippen LogP contribution in [0, 0.1) is 0 Å².